The van der Waals surface area contributed by atoms with Crippen LogP contribution in [0.4, 0.5) is 0 Å². The molecule has 0 spiro atoms. The maximum atomic E-state index is 12.0. The summed E-state index contributed by atoms with van der Waals surface area (Å²) >= 11 is 0. The standard InChI is InChI=1S/C15H23NO4/c1-10-12(14(18)19-6)7-11(20-10)9-16(5)13(17)8-15(2,3)4/h7H,8-9H2,1-6H3. The van der Waals surface area contributed by atoms with Gasteiger partial charge in [0.2, 0.25) is 5.91 Å². The molecule has 0 saturated carbocycles. The highest BCUT2D eigenvalue weighted by Gasteiger charge is 2.21. The Morgan fingerprint density at radius 2 is 1.95 bits per heavy atom. The van der Waals surface area contributed by atoms with Crippen LogP contribution in [0.25, 0.3) is 0 Å². The third-order valence-corrected chi connectivity index (χ3v) is 2.87. The first-order valence-corrected chi connectivity index (χ1v) is 6.55. The zero-order chi connectivity index (χ0) is 15.5. The van der Waals surface area contributed by atoms with E-state index in [0.717, 1.165) is 0 Å². The second kappa shape index (κ2) is 6.11. The normalized spacial score (nSPS) is 11.3. The predicted octanol–water partition coefficient (Wildman–Crippen LogP) is 2.77. The molecule has 5 nitrogen and oxygen atoms in total. The third-order valence-electron chi connectivity index (χ3n) is 2.87. The topological polar surface area (TPSA) is 59.8 Å². The Morgan fingerprint density at radius 3 is 2.45 bits per heavy atom. The van der Waals surface area contributed by atoms with E-state index in [0.29, 0.717) is 30.0 Å². The van der Waals surface area contributed by atoms with Gasteiger partial charge in [-0.05, 0) is 18.4 Å². The lowest BCUT2D eigenvalue weighted by Crippen LogP contribution is -2.29. The molecule has 0 saturated heterocycles. The van der Waals surface area contributed by atoms with Gasteiger partial charge in [0.05, 0.1) is 13.7 Å². The van der Waals surface area contributed by atoms with Crippen molar-refractivity contribution in [3.8, 4) is 0 Å². The summed E-state index contributed by atoms with van der Waals surface area (Å²) in [4.78, 5) is 25.1. The molecule has 0 aliphatic carbocycles. The first kappa shape index (κ1) is 16.3. The second-order valence-corrected chi connectivity index (χ2v) is 6.16. The fraction of sp³-hybridized carbons (Fsp3) is 0.600. The predicted molar refractivity (Wildman–Crippen MR) is 75.3 cm³/mol. The molecule has 0 aromatic carbocycles. The van der Waals surface area contributed by atoms with E-state index >= 15 is 0 Å². The molecule has 0 aliphatic heterocycles. The van der Waals surface area contributed by atoms with Gasteiger partial charge >= 0.3 is 5.97 Å². The highest BCUT2D eigenvalue weighted by Crippen LogP contribution is 2.21. The maximum absolute atomic E-state index is 12.0. The van der Waals surface area contributed by atoms with Crippen molar-refractivity contribution in [1.29, 1.82) is 0 Å². The molecular formula is C15H23NO4. The molecule has 1 heterocycles. The highest BCUT2D eigenvalue weighted by molar-refractivity contribution is 5.90. The second-order valence-electron chi connectivity index (χ2n) is 6.16. The summed E-state index contributed by atoms with van der Waals surface area (Å²) in [6, 6.07) is 1.63. The van der Waals surface area contributed by atoms with Crippen LogP contribution in [0.15, 0.2) is 10.5 Å². The van der Waals surface area contributed by atoms with E-state index in [1.165, 1.54) is 7.11 Å². The first-order valence-electron chi connectivity index (χ1n) is 6.55. The summed E-state index contributed by atoms with van der Waals surface area (Å²) in [7, 11) is 3.05. The minimum atomic E-state index is -0.429. The number of ether oxygens (including phenoxy) is 1. The summed E-state index contributed by atoms with van der Waals surface area (Å²) in [5.41, 5.74) is 0.348. The average molecular weight is 281 g/mol. The zero-order valence-corrected chi connectivity index (χ0v) is 13.1. The number of nitrogens with zero attached hydrogens (tertiary/aromatic N) is 1. The van der Waals surface area contributed by atoms with Gasteiger partial charge in [0, 0.05) is 13.5 Å². The van der Waals surface area contributed by atoms with Crippen molar-refractivity contribution in [2.45, 2.75) is 40.7 Å². The van der Waals surface area contributed by atoms with Gasteiger partial charge in [0.1, 0.15) is 17.1 Å². The van der Waals surface area contributed by atoms with Crippen molar-refractivity contribution < 1.29 is 18.7 Å². The van der Waals surface area contributed by atoms with Crippen molar-refractivity contribution in [1.82, 2.24) is 4.90 Å². The number of carbonyl (C=O) groups is 2. The summed E-state index contributed by atoms with van der Waals surface area (Å²) in [6.45, 7) is 8.10. The lowest BCUT2D eigenvalue weighted by Gasteiger charge is -2.22. The number of carbonyl (C=O) groups excluding carboxylic acids is 2. The number of methoxy groups -OCH3 is 1. The van der Waals surface area contributed by atoms with Gasteiger partial charge in [-0.3, -0.25) is 4.79 Å². The average Bonchev–Trinajstić information content (AvgIpc) is 2.67. The number of aryl methyl sites for hydroxylation is 1. The number of hydrogen-bond donors (Lipinski definition) is 0. The van der Waals surface area contributed by atoms with Crippen molar-refractivity contribution in [2.24, 2.45) is 5.41 Å². The molecule has 5 heteroatoms. The number of furan rings is 1. The molecule has 0 radical (unpaired) electrons. The third kappa shape index (κ3) is 4.40. The maximum Gasteiger partial charge on any atom is 0.341 e. The van der Waals surface area contributed by atoms with Crippen molar-refractivity contribution in [3.05, 3.63) is 23.2 Å². The van der Waals surface area contributed by atoms with E-state index in [-0.39, 0.29) is 11.3 Å². The van der Waals surface area contributed by atoms with Crippen LogP contribution in [-0.2, 0) is 16.1 Å². The van der Waals surface area contributed by atoms with Gasteiger partial charge in [0.15, 0.2) is 0 Å². The van der Waals surface area contributed by atoms with E-state index in [1.54, 1.807) is 24.9 Å². The summed E-state index contributed by atoms with van der Waals surface area (Å²) in [5, 5.41) is 0. The van der Waals surface area contributed by atoms with Crippen LogP contribution in [0.5, 0.6) is 0 Å². The Bertz CT molecular complexity index is 496. The summed E-state index contributed by atoms with van der Waals surface area (Å²) in [5.74, 6) is 0.698. The molecule has 20 heavy (non-hydrogen) atoms. The van der Waals surface area contributed by atoms with Crippen LogP contribution in [0, 0.1) is 12.3 Å². The minimum Gasteiger partial charge on any atom is -0.465 e. The molecule has 0 atom stereocenters. The molecule has 0 unspecified atom stereocenters. The number of rotatable bonds is 4. The largest absolute Gasteiger partial charge is 0.465 e. The van der Waals surface area contributed by atoms with Crippen LogP contribution < -0.4 is 0 Å². The van der Waals surface area contributed by atoms with Gasteiger partial charge in [-0.1, -0.05) is 20.8 Å². The highest BCUT2D eigenvalue weighted by atomic mass is 16.5. The van der Waals surface area contributed by atoms with E-state index in [1.807, 2.05) is 20.8 Å². The molecule has 0 bridgehead atoms. The van der Waals surface area contributed by atoms with Crippen LogP contribution in [-0.4, -0.2) is 30.9 Å². The van der Waals surface area contributed by atoms with Crippen molar-refractivity contribution in [2.75, 3.05) is 14.2 Å². The molecule has 0 N–H and O–H groups in total. The molecule has 1 amide bonds. The lowest BCUT2D eigenvalue weighted by atomic mass is 9.92. The smallest absolute Gasteiger partial charge is 0.341 e. The quantitative estimate of drug-likeness (QED) is 0.796. The molecule has 1 rings (SSSR count). The number of amides is 1. The Kier molecular flexibility index (Phi) is 4.98. The molecule has 0 aliphatic rings. The van der Waals surface area contributed by atoms with E-state index < -0.39 is 5.97 Å². The SMILES string of the molecule is COC(=O)c1cc(CN(C)C(=O)CC(C)(C)C)oc1C. The lowest BCUT2D eigenvalue weighted by molar-refractivity contribution is -0.132. The molecule has 1 aromatic heterocycles. The number of hydrogen-bond acceptors (Lipinski definition) is 4. The Labute approximate surface area is 119 Å². The number of esters is 1. The Balaban J connectivity index is 2.74. The molecule has 1 aromatic rings. The van der Waals surface area contributed by atoms with E-state index in [2.05, 4.69) is 4.74 Å². The Morgan fingerprint density at radius 1 is 1.35 bits per heavy atom. The van der Waals surface area contributed by atoms with Gasteiger partial charge in [0.25, 0.3) is 0 Å². The zero-order valence-electron chi connectivity index (χ0n) is 13.1. The molecular weight excluding hydrogens is 258 g/mol. The minimum absolute atomic E-state index is 0.0474. The van der Waals surface area contributed by atoms with Crippen LogP contribution in [0.3, 0.4) is 0 Å². The van der Waals surface area contributed by atoms with Gasteiger partial charge in [-0.15, -0.1) is 0 Å². The van der Waals surface area contributed by atoms with Gasteiger partial charge in [-0.2, -0.15) is 0 Å². The molecule has 0 fully saturated rings. The van der Waals surface area contributed by atoms with E-state index in [4.69, 9.17) is 4.42 Å². The van der Waals surface area contributed by atoms with Crippen LogP contribution >= 0.6 is 0 Å². The Hall–Kier alpha value is -1.78. The summed E-state index contributed by atoms with van der Waals surface area (Å²) in [6.07, 6.45) is 0.465. The fourth-order valence-corrected chi connectivity index (χ4v) is 1.84. The van der Waals surface area contributed by atoms with Crippen LogP contribution in [0.2, 0.25) is 0 Å². The first-order chi connectivity index (χ1) is 9.14. The fourth-order valence-electron chi connectivity index (χ4n) is 1.84. The van der Waals surface area contributed by atoms with Gasteiger partial charge < -0.3 is 14.1 Å². The van der Waals surface area contributed by atoms with E-state index in [9.17, 15) is 9.59 Å². The molecule has 112 valence electrons. The van der Waals surface area contributed by atoms with Crippen molar-refractivity contribution in [3.63, 3.8) is 0 Å². The summed E-state index contributed by atoms with van der Waals surface area (Å²) < 4.78 is 10.2. The monoisotopic (exact) mass is 281 g/mol. The van der Waals surface area contributed by atoms with Gasteiger partial charge in [-0.25, -0.2) is 4.79 Å². The van der Waals surface area contributed by atoms with Crippen molar-refractivity contribution >= 4 is 11.9 Å². The van der Waals surface area contributed by atoms with Crippen LogP contribution in [0.1, 0.15) is 49.1 Å².